The minimum Gasteiger partial charge on any atom is -0.458 e. The van der Waals surface area contributed by atoms with E-state index in [-0.39, 0.29) is 5.97 Å². The molecule has 10 heavy (non-hydrogen) atoms. The summed E-state index contributed by atoms with van der Waals surface area (Å²) in [4.78, 5) is 14.2. The highest BCUT2D eigenvalue weighted by atomic mass is 32.1. The van der Waals surface area contributed by atoms with E-state index >= 15 is 0 Å². The lowest BCUT2D eigenvalue weighted by Crippen LogP contribution is -1.97. The molecule has 0 fully saturated rings. The van der Waals surface area contributed by atoms with Crippen molar-refractivity contribution in [3.63, 3.8) is 0 Å². The van der Waals surface area contributed by atoms with Crippen LogP contribution in [0.15, 0.2) is 11.6 Å². The lowest BCUT2D eigenvalue weighted by atomic mass is 10.7. The van der Waals surface area contributed by atoms with E-state index in [1.165, 1.54) is 18.3 Å². The van der Waals surface area contributed by atoms with E-state index in [2.05, 4.69) is 4.98 Å². The van der Waals surface area contributed by atoms with Gasteiger partial charge < -0.3 is 4.74 Å². The summed E-state index contributed by atoms with van der Waals surface area (Å²) in [6, 6.07) is 0. The Labute approximate surface area is 62.7 Å². The smallest absolute Gasteiger partial charge is 0.303 e. The second-order valence-electron chi connectivity index (χ2n) is 1.71. The molecule has 1 aromatic rings. The third-order valence-corrected chi connectivity index (χ3v) is 1.64. The molecule has 0 bridgehead atoms. The molecule has 0 spiro atoms. The lowest BCUT2D eigenvalue weighted by Gasteiger charge is -1.95. The first-order chi connectivity index (χ1) is 4.79. The molecule has 0 radical (unpaired) electrons. The largest absolute Gasteiger partial charge is 0.458 e. The zero-order valence-corrected chi connectivity index (χ0v) is 6.35. The van der Waals surface area contributed by atoms with E-state index in [0.29, 0.717) is 6.61 Å². The van der Waals surface area contributed by atoms with Crippen molar-refractivity contribution >= 4 is 17.3 Å². The zero-order chi connectivity index (χ0) is 7.40. The first-order valence-electron chi connectivity index (χ1n) is 2.81. The summed E-state index contributed by atoms with van der Waals surface area (Å²) in [7, 11) is 0. The van der Waals surface area contributed by atoms with E-state index in [1.807, 2.05) is 5.38 Å². The summed E-state index contributed by atoms with van der Waals surface area (Å²) in [5.41, 5.74) is 0. The molecule has 0 unspecified atom stereocenters. The number of thiazole rings is 1. The number of hydrogen-bond donors (Lipinski definition) is 0. The van der Waals surface area contributed by atoms with Crippen molar-refractivity contribution in [1.29, 1.82) is 0 Å². The van der Waals surface area contributed by atoms with Crippen LogP contribution in [-0.4, -0.2) is 11.0 Å². The van der Waals surface area contributed by atoms with E-state index in [9.17, 15) is 4.79 Å². The number of nitrogens with zero attached hydrogens (tertiary/aromatic N) is 1. The van der Waals surface area contributed by atoms with Crippen LogP contribution >= 0.6 is 11.3 Å². The molecular weight excluding hydrogens is 150 g/mol. The van der Waals surface area contributed by atoms with Crippen LogP contribution in [0.1, 0.15) is 11.9 Å². The summed E-state index contributed by atoms with van der Waals surface area (Å²) >= 11 is 1.48. The van der Waals surface area contributed by atoms with E-state index in [0.717, 1.165) is 5.01 Å². The van der Waals surface area contributed by atoms with Gasteiger partial charge in [-0.05, 0) is 0 Å². The van der Waals surface area contributed by atoms with Gasteiger partial charge in [-0.1, -0.05) is 0 Å². The van der Waals surface area contributed by atoms with Gasteiger partial charge in [-0.3, -0.25) is 4.79 Å². The highest BCUT2D eigenvalue weighted by molar-refractivity contribution is 7.09. The monoisotopic (exact) mass is 157 g/mol. The molecule has 0 saturated heterocycles. The Morgan fingerprint density at radius 2 is 2.70 bits per heavy atom. The predicted molar refractivity (Wildman–Crippen MR) is 37.6 cm³/mol. The fourth-order valence-corrected chi connectivity index (χ4v) is 1.02. The molecule has 1 aromatic heterocycles. The van der Waals surface area contributed by atoms with Crippen LogP contribution in [0.25, 0.3) is 0 Å². The Bertz CT molecular complexity index is 208. The number of esters is 1. The van der Waals surface area contributed by atoms with E-state index in [4.69, 9.17) is 4.74 Å². The molecule has 0 aromatic carbocycles. The molecule has 0 aliphatic heterocycles. The van der Waals surface area contributed by atoms with Crippen LogP contribution in [0, 0.1) is 0 Å². The Hall–Kier alpha value is -0.900. The minimum atomic E-state index is -0.268. The highest BCUT2D eigenvalue weighted by Crippen LogP contribution is 2.04. The maximum atomic E-state index is 10.3. The van der Waals surface area contributed by atoms with Crippen LogP contribution in [0.5, 0.6) is 0 Å². The third kappa shape index (κ3) is 2.14. The van der Waals surface area contributed by atoms with E-state index in [1.54, 1.807) is 6.20 Å². The van der Waals surface area contributed by atoms with Crippen LogP contribution in [0.4, 0.5) is 0 Å². The summed E-state index contributed by atoms with van der Waals surface area (Å²) < 4.78 is 4.70. The summed E-state index contributed by atoms with van der Waals surface area (Å²) in [5, 5.41) is 2.67. The molecule has 4 heteroatoms. The van der Waals surface area contributed by atoms with E-state index < -0.39 is 0 Å². The average Bonchev–Trinajstić information content (AvgIpc) is 2.34. The highest BCUT2D eigenvalue weighted by Gasteiger charge is 1.96. The molecule has 0 N–H and O–H groups in total. The maximum absolute atomic E-state index is 10.3. The Morgan fingerprint density at radius 1 is 1.90 bits per heavy atom. The van der Waals surface area contributed by atoms with Gasteiger partial charge in [-0.25, -0.2) is 4.98 Å². The Balaban J connectivity index is 2.35. The van der Waals surface area contributed by atoms with Gasteiger partial charge in [0.2, 0.25) is 0 Å². The number of hydrogen-bond acceptors (Lipinski definition) is 4. The number of rotatable bonds is 2. The molecule has 1 rings (SSSR count). The average molecular weight is 157 g/mol. The van der Waals surface area contributed by atoms with Crippen molar-refractivity contribution in [2.45, 2.75) is 13.5 Å². The summed E-state index contributed by atoms with van der Waals surface area (Å²) in [6.07, 6.45) is 1.68. The Kier molecular flexibility index (Phi) is 2.39. The van der Waals surface area contributed by atoms with Crippen molar-refractivity contribution in [1.82, 2.24) is 4.98 Å². The van der Waals surface area contributed by atoms with Gasteiger partial charge in [0.1, 0.15) is 11.6 Å². The fraction of sp³-hybridized carbons (Fsp3) is 0.333. The van der Waals surface area contributed by atoms with Crippen LogP contribution in [0.3, 0.4) is 0 Å². The van der Waals surface area contributed by atoms with Crippen LogP contribution in [-0.2, 0) is 16.1 Å². The topological polar surface area (TPSA) is 39.2 Å². The van der Waals surface area contributed by atoms with Gasteiger partial charge in [0.15, 0.2) is 0 Å². The van der Waals surface area contributed by atoms with Gasteiger partial charge in [0.25, 0.3) is 0 Å². The maximum Gasteiger partial charge on any atom is 0.303 e. The second kappa shape index (κ2) is 3.31. The predicted octanol–water partition coefficient (Wildman–Crippen LogP) is 1.21. The fourth-order valence-electron chi connectivity index (χ4n) is 0.488. The standard InChI is InChI=1S/C6H7NO2S/c1-5(8)9-4-6-7-2-3-10-6/h2-3H,4H2,1H3. The van der Waals surface area contributed by atoms with Gasteiger partial charge in [0.05, 0.1) is 0 Å². The Morgan fingerprint density at radius 3 is 3.20 bits per heavy atom. The van der Waals surface area contributed by atoms with Crippen molar-refractivity contribution in [2.75, 3.05) is 0 Å². The minimum absolute atomic E-state index is 0.268. The molecule has 0 saturated carbocycles. The molecule has 54 valence electrons. The van der Waals surface area contributed by atoms with Gasteiger partial charge in [0, 0.05) is 18.5 Å². The second-order valence-corrected chi connectivity index (χ2v) is 2.69. The number of carbonyl (C=O) groups is 1. The lowest BCUT2D eigenvalue weighted by molar-refractivity contribution is -0.142. The molecule has 0 aliphatic rings. The SMILES string of the molecule is CC(=O)OCc1nccs1. The molecule has 0 amide bonds. The third-order valence-electron chi connectivity index (χ3n) is 0.882. The van der Waals surface area contributed by atoms with Gasteiger partial charge in [-0.15, -0.1) is 11.3 Å². The normalized spacial score (nSPS) is 9.30. The zero-order valence-electron chi connectivity index (χ0n) is 5.53. The van der Waals surface area contributed by atoms with Crippen molar-refractivity contribution in [2.24, 2.45) is 0 Å². The molecule has 3 nitrogen and oxygen atoms in total. The number of aromatic nitrogens is 1. The molecular formula is C6H7NO2S. The van der Waals surface area contributed by atoms with Crippen molar-refractivity contribution in [3.8, 4) is 0 Å². The van der Waals surface area contributed by atoms with Crippen LogP contribution in [0.2, 0.25) is 0 Å². The quantitative estimate of drug-likeness (QED) is 0.605. The molecule has 0 atom stereocenters. The number of ether oxygens (including phenoxy) is 1. The first-order valence-corrected chi connectivity index (χ1v) is 3.69. The molecule has 0 aliphatic carbocycles. The van der Waals surface area contributed by atoms with Crippen molar-refractivity contribution < 1.29 is 9.53 Å². The van der Waals surface area contributed by atoms with Crippen molar-refractivity contribution in [3.05, 3.63) is 16.6 Å². The number of carbonyl (C=O) groups excluding carboxylic acids is 1. The van der Waals surface area contributed by atoms with Crippen LogP contribution < -0.4 is 0 Å². The summed E-state index contributed by atoms with van der Waals surface area (Å²) in [6.45, 7) is 1.68. The van der Waals surface area contributed by atoms with Gasteiger partial charge in [-0.2, -0.15) is 0 Å². The first kappa shape index (κ1) is 7.21. The molecule has 1 heterocycles. The van der Waals surface area contributed by atoms with Gasteiger partial charge >= 0.3 is 5.97 Å². The summed E-state index contributed by atoms with van der Waals surface area (Å²) in [5.74, 6) is -0.268.